The molecule has 7 heteroatoms. The van der Waals surface area contributed by atoms with Crippen molar-refractivity contribution in [3.8, 4) is 0 Å². The predicted octanol–water partition coefficient (Wildman–Crippen LogP) is 3.67. The zero-order chi connectivity index (χ0) is 19.9. The zero-order valence-corrected chi connectivity index (χ0v) is 15.6. The number of para-hydroxylation sites is 2. The molecule has 1 N–H and O–H groups in total. The van der Waals surface area contributed by atoms with E-state index in [2.05, 4.69) is 15.3 Å². The molecule has 3 rings (SSSR count). The van der Waals surface area contributed by atoms with Gasteiger partial charge in [0.15, 0.2) is 0 Å². The van der Waals surface area contributed by atoms with E-state index >= 15 is 0 Å². The number of aromatic nitrogens is 2. The fourth-order valence-corrected chi connectivity index (χ4v) is 2.71. The predicted molar refractivity (Wildman–Crippen MR) is 107 cm³/mol. The smallest absolute Gasteiger partial charge is 0.339 e. The number of methoxy groups -OCH3 is 1. The quantitative estimate of drug-likeness (QED) is 0.661. The number of hydrogen-bond acceptors (Lipinski definition) is 6. The number of rotatable bonds is 6. The summed E-state index contributed by atoms with van der Waals surface area (Å²) in [7, 11) is 1.32. The van der Waals surface area contributed by atoms with Crippen LogP contribution in [0.4, 0.5) is 17.3 Å². The second-order valence-corrected chi connectivity index (χ2v) is 5.84. The Labute approximate surface area is 163 Å². The van der Waals surface area contributed by atoms with Gasteiger partial charge in [0.1, 0.15) is 0 Å². The van der Waals surface area contributed by atoms with Crippen molar-refractivity contribution in [3.05, 3.63) is 78.1 Å². The van der Waals surface area contributed by atoms with Gasteiger partial charge in [0.2, 0.25) is 5.95 Å². The average molecular weight is 376 g/mol. The third kappa shape index (κ3) is 4.15. The standard InChI is InChI=1S/C21H20N4O3/c1-3-25(16-9-5-4-6-10-16)19(26)15-13-22-21(23-14-15)24-18-12-8-7-11-17(18)20(27)28-2/h4-14H,3H2,1-2H3,(H,22,23,24). The Balaban J connectivity index is 1.79. The summed E-state index contributed by atoms with van der Waals surface area (Å²) < 4.78 is 4.78. The highest BCUT2D eigenvalue weighted by Gasteiger charge is 2.17. The molecule has 0 fully saturated rings. The van der Waals surface area contributed by atoms with Gasteiger partial charge in [-0.3, -0.25) is 4.79 Å². The minimum atomic E-state index is -0.462. The molecule has 0 spiro atoms. The van der Waals surface area contributed by atoms with E-state index in [9.17, 15) is 9.59 Å². The monoisotopic (exact) mass is 376 g/mol. The van der Waals surface area contributed by atoms with Gasteiger partial charge in [-0.15, -0.1) is 0 Å². The van der Waals surface area contributed by atoms with Crippen molar-refractivity contribution < 1.29 is 14.3 Å². The van der Waals surface area contributed by atoms with E-state index in [0.29, 0.717) is 23.4 Å². The molecule has 1 heterocycles. The number of benzene rings is 2. The molecule has 0 unspecified atom stereocenters. The molecule has 0 atom stereocenters. The van der Waals surface area contributed by atoms with E-state index in [0.717, 1.165) is 5.69 Å². The van der Waals surface area contributed by atoms with E-state index in [1.165, 1.54) is 19.5 Å². The Morgan fingerprint density at radius 1 is 1.00 bits per heavy atom. The highest BCUT2D eigenvalue weighted by molar-refractivity contribution is 6.05. The van der Waals surface area contributed by atoms with Crippen molar-refractivity contribution in [2.45, 2.75) is 6.92 Å². The number of esters is 1. The van der Waals surface area contributed by atoms with Crippen LogP contribution in [0.25, 0.3) is 0 Å². The highest BCUT2D eigenvalue weighted by Crippen LogP contribution is 2.20. The van der Waals surface area contributed by atoms with Crippen molar-refractivity contribution in [2.24, 2.45) is 0 Å². The lowest BCUT2D eigenvalue weighted by Crippen LogP contribution is -2.30. The first-order chi connectivity index (χ1) is 13.6. The van der Waals surface area contributed by atoms with Crippen LogP contribution in [0, 0.1) is 0 Å². The molecule has 0 bridgehead atoms. The number of amides is 1. The summed E-state index contributed by atoms with van der Waals surface area (Å²) in [5.41, 5.74) is 2.07. The first-order valence-electron chi connectivity index (χ1n) is 8.77. The van der Waals surface area contributed by atoms with Gasteiger partial charge in [-0.05, 0) is 31.2 Å². The lowest BCUT2D eigenvalue weighted by Gasteiger charge is -2.20. The topological polar surface area (TPSA) is 84.4 Å². The van der Waals surface area contributed by atoms with Crippen LogP contribution in [0.1, 0.15) is 27.6 Å². The van der Waals surface area contributed by atoms with E-state index in [1.54, 1.807) is 29.2 Å². The average Bonchev–Trinajstić information content (AvgIpc) is 2.75. The summed E-state index contributed by atoms with van der Waals surface area (Å²) in [6.07, 6.45) is 2.92. The van der Waals surface area contributed by atoms with Crippen LogP contribution in [0.15, 0.2) is 67.0 Å². The second kappa shape index (κ2) is 8.77. The van der Waals surface area contributed by atoms with Gasteiger partial charge in [0.05, 0.1) is 23.9 Å². The van der Waals surface area contributed by atoms with Gasteiger partial charge in [-0.25, -0.2) is 14.8 Å². The molecule has 1 amide bonds. The normalized spacial score (nSPS) is 10.2. The van der Waals surface area contributed by atoms with Crippen molar-refractivity contribution in [1.82, 2.24) is 9.97 Å². The van der Waals surface area contributed by atoms with Crippen LogP contribution >= 0.6 is 0 Å². The van der Waals surface area contributed by atoms with Crippen LogP contribution in [0.5, 0.6) is 0 Å². The maximum absolute atomic E-state index is 12.8. The second-order valence-electron chi connectivity index (χ2n) is 5.84. The van der Waals surface area contributed by atoms with Crippen molar-refractivity contribution in [3.63, 3.8) is 0 Å². The van der Waals surface area contributed by atoms with Crippen LogP contribution in [0.2, 0.25) is 0 Å². The molecule has 0 saturated carbocycles. The van der Waals surface area contributed by atoms with E-state index < -0.39 is 5.97 Å². The maximum atomic E-state index is 12.8. The Kier molecular flexibility index (Phi) is 5.96. The van der Waals surface area contributed by atoms with E-state index in [-0.39, 0.29) is 11.9 Å². The minimum Gasteiger partial charge on any atom is -0.465 e. The lowest BCUT2D eigenvalue weighted by atomic mass is 10.2. The first kappa shape index (κ1) is 19.0. The molecule has 7 nitrogen and oxygen atoms in total. The maximum Gasteiger partial charge on any atom is 0.339 e. The molecule has 2 aromatic carbocycles. The number of anilines is 3. The Morgan fingerprint density at radius 3 is 2.29 bits per heavy atom. The third-order valence-corrected chi connectivity index (χ3v) is 4.11. The Hall–Kier alpha value is -3.74. The van der Waals surface area contributed by atoms with Gasteiger partial charge in [0.25, 0.3) is 5.91 Å². The van der Waals surface area contributed by atoms with Crippen LogP contribution < -0.4 is 10.2 Å². The van der Waals surface area contributed by atoms with Gasteiger partial charge >= 0.3 is 5.97 Å². The number of nitrogens with one attached hydrogen (secondary N) is 1. The summed E-state index contributed by atoms with van der Waals surface area (Å²) in [4.78, 5) is 34.7. The van der Waals surface area contributed by atoms with E-state index in [1.807, 2.05) is 37.3 Å². The summed E-state index contributed by atoms with van der Waals surface area (Å²) in [6.45, 7) is 2.43. The van der Waals surface area contributed by atoms with Crippen molar-refractivity contribution in [2.75, 3.05) is 23.9 Å². The number of carbonyl (C=O) groups is 2. The third-order valence-electron chi connectivity index (χ3n) is 4.11. The molecule has 0 aliphatic rings. The minimum absolute atomic E-state index is 0.185. The van der Waals surface area contributed by atoms with Crippen molar-refractivity contribution >= 4 is 29.2 Å². The number of carbonyl (C=O) groups excluding carboxylic acids is 2. The van der Waals surface area contributed by atoms with Gasteiger partial charge in [-0.1, -0.05) is 30.3 Å². The largest absolute Gasteiger partial charge is 0.465 e. The van der Waals surface area contributed by atoms with Crippen LogP contribution in [-0.4, -0.2) is 35.5 Å². The molecule has 28 heavy (non-hydrogen) atoms. The fourth-order valence-electron chi connectivity index (χ4n) is 2.71. The molecule has 0 aliphatic heterocycles. The van der Waals surface area contributed by atoms with Crippen LogP contribution in [0.3, 0.4) is 0 Å². The summed E-state index contributed by atoms with van der Waals surface area (Å²) in [5, 5.41) is 2.98. The van der Waals surface area contributed by atoms with Gasteiger partial charge in [-0.2, -0.15) is 0 Å². The fraction of sp³-hybridized carbons (Fsp3) is 0.143. The molecule has 142 valence electrons. The van der Waals surface area contributed by atoms with E-state index in [4.69, 9.17) is 4.74 Å². The highest BCUT2D eigenvalue weighted by atomic mass is 16.5. The Morgan fingerprint density at radius 2 is 1.64 bits per heavy atom. The molecule has 0 radical (unpaired) electrons. The number of nitrogens with zero attached hydrogens (tertiary/aromatic N) is 3. The number of ether oxygens (including phenoxy) is 1. The molecule has 0 saturated heterocycles. The molecule has 3 aromatic rings. The van der Waals surface area contributed by atoms with Crippen LogP contribution in [-0.2, 0) is 4.74 Å². The van der Waals surface area contributed by atoms with Gasteiger partial charge in [0, 0.05) is 24.6 Å². The van der Waals surface area contributed by atoms with Gasteiger partial charge < -0.3 is 15.0 Å². The SMILES string of the molecule is CCN(C(=O)c1cnc(Nc2ccccc2C(=O)OC)nc1)c1ccccc1. The lowest BCUT2D eigenvalue weighted by molar-refractivity contribution is 0.0601. The Bertz CT molecular complexity index is 959. The number of hydrogen-bond donors (Lipinski definition) is 1. The molecular formula is C21H20N4O3. The summed E-state index contributed by atoms with van der Waals surface area (Å²) in [6, 6.07) is 16.3. The zero-order valence-electron chi connectivity index (χ0n) is 15.6. The summed E-state index contributed by atoms with van der Waals surface area (Å²) in [5.74, 6) is -0.373. The summed E-state index contributed by atoms with van der Waals surface area (Å²) >= 11 is 0. The molecular weight excluding hydrogens is 356 g/mol. The molecule has 0 aliphatic carbocycles. The first-order valence-corrected chi connectivity index (χ1v) is 8.77. The van der Waals surface area contributed by atoms with Crippen molar-refractivity contribution in [1.29, 1.82) is 0 Å². The molecule has 1 aromatic heterocycles.